The number of hydrogen-bond acceptors (Lipinski definition) is 7. The molecular weight excluding hydrogens is 475 g/mol. The summed E-state index contributed by atoms with van der Waals surface area (Å²) >= 11 is 0. The van der Waals surface area contributed by atoms with Gasteiger partial charge in [0.1, 0.15) is 12.3 Å². The van der Waals surface area contributed by atoms with Crippen molar-refractivity contribution in [2.45, 2.75) is 32.7 Å². The Kier molecular flexibility index (Phi) is 5.88. The first-order valence-corrected chi connectivity index (χ1v) is 10.9. The highest BCUT2D eigenvalue weighted by Crippen LogP contribution is 2.34. The van der Waals surface area contributed by atoms with E-state index in [4.69, 9.17) is 9.72 Å². The molecule has 0 aliphatic carbocycles. The van der Waals surface area contributed by atoms with Crippen LogP contribution in [-0.2, 0) is 6.54 Å². The van der Waals surface area contributed by atoms with Crippen LogP contribution in [0.1, 0.15) is 24.3 Å². The van der Waals surface area contributed by atoms with Crippen molar-refractivity contribution >= 4 is 5.52 Å². The molecule has 0 saturated carbocycles. The molecule has 12 heteroatoms. The first-order valence-electron chi connectivity index (χ1n) is 10.9. The number of pyridine rings is 2. The molecule has 0 aliphatic rings. The van der Waals surface area contributed by atoms with Gasteiger partial charge in [0, 0.05) is 34.6 Å². The molecule has 1 atom stereocenters. The van der Waals surface area contributed by atoms with E-state index in [0.29, 0.717) is 45.4 Å². The predicted octanol–water partition coefficient (Wildman–Crippen LogP) is 4.77. The van der Waals surface area contributed by atoms with Gasteiger partial charge >= 0.3 is 6.18 Å². The van der Waals surface area contributed by atoms with Gasteiger partial charge in [-0.15, -0.1) is 5.10 Å². The van der Waals surface area contributed by atoms with Gasteiger partial charge in [0.05, 0.1) is 41.6 Å². The number of halogens is 3. The van der Waals surface area contributed by atoms with Crippen LogP contribution >= 0.6 is 0 Å². The SMILES string of the molecule is Cc1c(-c2nc(-c3cnn4cc(Oc5cccnn5)ccc34)ccc2C(C)O)cnn1CC(F)(F)F. The Bertz CT molecular complexity index is 1530. The summed E-state index contributed by atoms with van der Waals surface area (Å²) in [7, 11) is 0. The van der Waals surface area contributed by atoms with Crippen molar-refractivity contribution in [1.82, 2.24) is 34.6 Å². The topological polar surface area (TPSA) is 103 Å². The molecule has 184 valence electrons. The number of alkyl halides is 3. The minimum atomic E-state index is -4.41. The van der Waals surface area contributed by atoms with Gasteiger partial charge in [0.25, 0.3) is 0 Å². The predicted molar refractivity (Wildman–Crippen MR) is 123 cm³/mol. The van der Waals surface area contributed by atoms with E-state index in [1.807, 2.05) is 6.07 Å². The lowest BCUT2D eigenvalue weighted by molar-refractivity contribution is -0.142. The van der Waals surface area contributed by atoms with Gasteiger partial charge in [-0.1, -0.05) is 6.07 Å². The average molecular weight is 495 g/mol. The molecule has 1 N–H and O–H groups in total. The lowest BCUT2D eigenvalue weighted by Crippen LogP contribution is -2.19. The van der Waals surface area contributed by atoms with E-state index < -0.39 is 18.8 Å². The van der Waals surface area contributed by atoms with Gasteiger partial charge in [-0.05, 0) is 38.1 Å². The van der Waals surface area contributed by atoms with Gasteiger partial charge in [0.15, 0.2) is 0 Å². The number of rotatable bonds is 6. The fourth-order valence-electron chi connectivity index (χ4n) is 3.87. The quantitative estimate of drug-likeness (QED) is 0.362. The van der Waals surface area contributed by atoms with Crippen LogP contribution in [0.2, 0.25) is 0 Å². The standard InChI is InChI=1S/C24H20F3N7O2/c1-14-18(10-30-34(14)13-24(25,26)27)23-17(15(2)35)6-7-20(31-23)19-11-29-33-12-16(5-8-21(19)33)36-22-4-3-9-28-32-22/h3-12,15,35H,13H2,1-2H3. The highest BCUT2D eigenvalue weighted by atomic mass is 19.4. The van der Waals surface area contributed by atoms with Gasteiger partial charge < -0.3 is 9.84 Å². The maximum Gasteiger partial charge on any atom is 0.408 e. The third-order valence-corrected chi connectivity index (χ3v) is 5.60. The zero-order valence-electron chi connectivity index (χ0n) is 19.2. The normalized spacial score (nSPS) is 12.7. The average Bonchev–Trinajstić information content (AvgIpc) is 3.41. The third-order valence-electron chi connectivity index (χ3n) is 5.60. The number of hydrogen-bond donors (Lipinski definition) is 1. The van der Waals surface area contributed by atoms with Crippen LogP contribution in [-0.4, -0.2) is 45.9 Å². The van der Waals surface area contributed by atoms with Crippen molar-refractivity contribution in [3.8, 4) is 34.1 Å². The molecule has 5 rings (SSSR count). The smallest absolute Gasteiger partial charge is 0.408 e. The van der Waals surface area contributed by atoms with E-state index in [1.165, 1.54) is 6.20 Å². The second-order valence-corrected chi connectivity index (χ2v) is 8.14. The summed E-state index contributed by atoms with van der Waals surface area (Å²) in [6.45, 7) is 1.90. The van der Waals surface area contributed by atoms with E-state index in [0.717, 1.165) is 10.2 Å². The summed E-state index contributed by atoms with van der Waals surface area (Å²) in [6.07, 6.45) is 0.896. The summed E-state index contributed by atoms with van der Waals surface area (Å²) in [5.41, 5.74) is 3.50. The number of aliphatic hydroxyl groups excluding tert-OH is 1. The monoisotopic (exact) mass is 495 g/mol. The van der Waals surface area contributed by atoms with E-state index in [1.54, 1.807) is 67.3 Å². The molecule has 0 radical (unpaired) electrons. The number of fused-ring (bicyclic) bond motifs is 1. The molecule has 0 amide bonds. The fourth-order valence-corrected chi connectivity index (χ4v) is 3.87. The maximum absolute atomic E-state index is 12.9. The minimum Gasteiger partial charge on any atom is -0.436 e. The molecule has 5 aromatic heterocycles. The van der Waals surface area contributed by atoms with E-state index in [9.17, 15) is 18.3 Å². The minimum absolute atomic E-state index is 0.296. The Morgan fingerprint density at radius 3 is 2.58 bits per heavy atom. The highest BCUT2D eigenvalue weighted by Gasteiger charge is 2.30. The van der Waals surface area contributed by atoms with Crippen molar-refractivity contribution in [3.63, 3.8) is 0 Å². The highest BCUT2D eigenvalue weighted by molar-refractivity contribution is 5.80. The van der Waals surface area contributed by atoms with Gasteiger partial charge in [0.2, 0.25) is 5.88 Å². The number of ether oxygens (including phenoxy) is 1. The van der Waals surface area contributed by atoms with Crippen molar-refractivity contribution in [3.05, 3.63) is 72.4 Å². The Morgan fingerprint density at radius 1 is 1.06 bits per heavy atom. The Balaban J connectivity index is 1.54. The van der Waals surface area contributed by atoms with Gasteiger partial charge in [-0.3, -0.25) is 4.68 Å². The van der Waals surface area contributed by atoms with Crippen LogP contribution in [0.3, 0.4) is 0 Å². The summed E-state index contributed by atoms with van der Waals surface area (Å²) in [5, 5.41) is 26.3. The zero-order chi connectivity index (χ0) is 25.4. The summed E-state index contributed by atoms with van der Waals surface area (Å²) < 4.78 is 47.0. The van der Waals surface area contributed by atoms with E-state index in [2.05, 4.69) is 20.4 Å². The molecule has 0 bridgehead atoms. The molecule has 0 spiro atoms. The van der Waals surface area contributed by atoms with E-state index in [-0.39, 0.29) is 0 Å². The molecular formula is C24H20F3N7O2. The van der Waals surface area contributed by atoms with Crippen LogP contribution in [0.5, 0.6) is 11.6 Å². The zero-order valence-corrected chi connectivity index (χ0v) is 19.2. The lowest BCUT2D eigenvalue weighted by Gasteiger charge is -2.14. The molecule has 0 saturated heterocycles. The Morgan fingerprint density at radius 2 is 1.86 bits per heavy atom. The van der Waals surface area contributed by atoms with Gasteiger partial charge in [-0.2, -0.15) is 28.5 Å². The molecule has 5 aromatic rings. The molecule has 36 heavy (non-hydrogen) atoms. The van der Waals surface area contributed by atoms with Crippen molar-refractivity contribution in [1.29, 1.82) is 0 Å². The second-order valence-electron chi connectivity index (χ2n) is 8.14. The molecule has 0 aliphatic heterocycles. The maximum atomic E-state index is 12.9. The molecule has 5 heterocycles. The molecule has 9 nitrogen and oxygen atoms in total. The van der Waals surface area contributed by atoms with Crippen LogP contribution < -0.4 is 4.74 Å². The third kappa shape index (κ3) is 4.62. The van der Waals surface area contributed by atoms with Crippen LogP contribution in [0.15, 0.2) is 61.2 Å². The Labute approximate surface area is 202 Å². The lowest BCUT2D eigenvalue weighted by atomic mass is 10.0. The summed E-state index contributed by atoms with van der Waals surface area (Å²) in [6, 6.07) is 10.4. The summed E-state index contributed by atoms with van der Waals surface area (Å²) in [5.74, 6) is 0.842. The van der Waals surface area contributed by atoms with E-state index >= 15 is 0 Å². The molecule has 1 unspecified atom stereocenters. The Hall–Kier alpha value is -4.32. The largest absolute Gasteiger partial charge is 0.436 e. The fraction of sp³-hybridized carbons (Fsp3) is 0.208. The van der Waals surface area contributed by atoms with Crippen LogP contribution in [0, 0.1) is 6.92 Å². The number of aliphatic hydroxyl groups is 1. The van der Waals surface area contributed by atoms with Crippen LogP contribution in [0.4, 0.5) is 13.2 Å². The molecule has 0 fully saturated rings. The molecule has 0 aromatic carbocycles. The number of aromatic nitrogens is 7. The van der Waals surface area contributed by atoms with Crippen LogP contribution in [0.25, 0.3) is 28.0 Å². The van der Waals surface area contributed by atoms with Crippen molar-refractivity contribution < 1.29 is 23.0 Å². The van der Waals surface area contributed by atoms with Crippen molar-refractivity contribution in [2.75, 3.05) is 0 Å². The van der Waals surface area contributed by atoms with Gasteiger partial charge in [-0.25, -0.2) is 9.50 Å². The second kappa shape index (κ2) is 9.04. The first-order chi connectivity index (χ1) is 17.2. The summed E-state index contributed by atoms with van der Waals surface area (Å²) in [4.78, 5) is 4.72. The van der Waals surface area contributed by atoms with Crippen molar-refractivity contribution in [2.24, 2.45) is 0 Å². The number of nitrogens with zero attached hydrogens (tertiary/aromatic N) is 7. The first kappa shape index (κ1) is 23.4.